The van der Waals surface area contributed by atoms with Crippen LogP contribution in [0, 0.1) is 17.8 Å². The van der Waals surface area contributed by atoms with Crippen molar-refractivity contribution in [3.63, 3.8) is 0 Å². The molecule has 1 N–H and O–H groups in total. The molecular formula is C13H21NO. The van der Waals surface area contributed by atoms with Crippen molar-refractivity contribution in [2.24, 2.45) is 17.8 Å². The number of fused-ring (bicyclic) bond motifs is 1. The first-order valence-electron chi connectivity index (χ1n) is 6.41. The fourth-order valence-corrected chi connectivity index (χ4v) is 3.23. The molecule has 2 heteroatoms. The lowest BCUT2D eigenvalue weighted by Crippen LogP contribution is -2.49. The molecular weight excluding hydrogens is 186 g/mol. The van der Waals surface area contributed by atoms with Crippen LogP contribution in [0.15, 0.2) is 12.2 Å². The molecule has 0 aromatic rings. The van der Waals surface area contributed by atoms with Gasteiger partial charge in [-0.15, -0.1) is 0 Å². The van der Waals surface area contributed by atoms with Crippen molar-refractivity contribution in [2.45, 2.75) is 31.7 Å². The van der Waals surface area contributed by atoms with E-state index in [0.29, 0.717) is 0 Å². The fourth-order valence-electron chi connectivity index (χ4n) is 3.23. The zero-order chi connectivity index (χ0) is 10.1. The molecule has 3 aliphatic rings. The molecule has 2 nitrogen and oxygen atoms in total. The molecule has 1 saturated carbocycles. The molecule has 84 valence electrons. The summed E-state index contributed by atoms with van der Waals surface area (Å²) in [5.41, 5.74) is 0. The number of hydrogen-bond donors (Lipinski definition) is 1. The summed E-state index contributed by atoms with van der Waals surface area (Å²) < 4.78 is 5.50. The minimum absolute atomic E-state index is 0.767. The minimum Gasteiger partial charge on any atom is -0.381 e. The summed E-state index contributed by atoms with van der Waals surface area (Å²) in [6.45, 7) is 3.12. The van der Waals surface area contributed by atoms with E-state index in [1.807, 2.05) is 0 Å². The Morgan fingerprint density at radius 3 is 3.20 bits per heavy atom. The van der Waals surface area contributed by atoms with Crippen LogP contribution in [-0.2, 0) is 4.74 Å². The van der Waals surface area contributed by atoms with E-state index >= 15 is 0 Å². The van der Waals surface area contributed by atoms with E-state index in [-0.39, 0.29) is 0 Å². The third-order valence-corrected chi connectivity index (χ3v) is 4.29. The van der Waals surface area contributed by atoms with Crippen molar-refractivity contribution in [2.75, 3.05) is 19.8 Å². The van der Waals surface area contributed by atoms with Gasteiger partial charge >= 0.3 is 0 Å². The SMILES string of the molecule is C1=CC2C(C1)CC2NCC1CCCOC1. The summed E-state index contributed by atoms with van der Waals surface area (Å²) in [6, 6.07) is 0.774. The van der Waals surface area contributed by atoms with Gasteiger partial charge in [-0.05, 0) is 43.4 Å². The summed E-state index contributed by atoms with van der Waals surface area (Å²) in [4.78, 5) is 0. The maximum absolute atomic E-state index is 5.50. The van der Waals surface area contributed by atoms with Crippen LogP contribution in [0.5, 0.6) is 0 Å². The van der Waals surface area contributed by atoms with Gasteiger partial charge in [0.25, 0.3) is 0 Å². The molecule has 0 bridgehead atoms. The van der Waals surface area contributed by atoms with E-state index in [4.69, 9.17) is 4.74 Å². The van der Waals surface area contributed by atoms with E-state index in [1.165, 1.54) is 32.2 Å². The van der Waals surface area contributed by atoms with E-state index in [9.17, 15) is 0 Å². The number of hydrogen-bond acceptors (Lipinski definition) is 2. The van der Waals surface area contributed by atoms with Crippen molar-refractivity contribution in [3.05, 3.63) is 12.2 Å². The number of ether oxygens (including phenoxy) is 1. The maximum atomic E-state index is 5.50. The van der Waals surface area contributed by atoms with Gasteiger partial charge in [0.1, 0.15) is 0 Å². The van der Waals surface area contributed by atoms with Crippen molar-refractivity contribution in [1.29, 1.82) is 0 Å². The fraction of sp³-hybridized carbons (Fsp3) is 0.846. The monoisotopic (exact) mass is 207 g/mol. The topological polar surface area (TPSA) is 21.3 Å². The van der Waals surface area contributed by atoms with E-state index in [2.05, 4.69) is 17.5 Å². The first-order chi connectivity index (χ1) is 7.43. The van der Waals surface area contributed by atoms with Crippen LogP contribution in [0.25, 0.3) is 0 Å². The number of nitrogens with one attached hydrogen (secondary N) is 1. The Labute approximate surface area is 92.1 Å². The Hall–Kier alpha value is -0.340. The second-order valence-electron chi connectivity index (χ2n) is 5.33. The predicted molar refractivity (Wildman–Crippen MR) is 60.7 cm³/mol. The summed E-state index contributed by atoms with van der Waals surface area (Å²) in [7, 11) is 0. The van der Waals surface area contributed by atoms with Gasteiger partial charge in [-0.25, -0.2) is 0 Å². The summed E-state index contributed by atoms with van der Waals surface area (Å²) >= 11 is 0. The summed E-state index contributed by atoms with van der Waals surface area (Å²) in [5.74, 6) is 2.60. The van der Waals surface area contributed by atoms with E-state index < -0.39 is 0 Å². The molecule has 4 unspecified atom stereocenters. The molecule has 0 aromatic carbocycles. The summed E-state index contributed by atoms with van der Waals surface area (Å²) in [5, 5.41) is 3.73. The Bertz CT molecular complexity index is 245. The molecule has 15 heavy (non-hydrogen) atoms. The van der Waals surface area contributed by atoms with Gasteiger partial charge in [0, 0.05) is 19.2 Å². The largest absolute Gasteiger partial charge is 0.381 e. The van der Waals surface area contributed by atoms with Gasteiger partial charge in [-0.1, -0.05) is 12.2 Å². The lowest BCUT2D eigenvalue weighted by Gasteiger charge is -2.41. The Balaban J connectivity index is 1.41. The lowest BCUT2D eigenvalue weighted by atomic mass is 9.71. The highest BCUT2D eigenvalue weighted by Crippen LogP contribution is 2.42. The summed E-state index contributed by atoms with van der Waals surface area (Å²) in [6.07, 6.45) is 10.1. The molecule has 1 saturated heterocycles. The minimum atomic E-state index is 0.767. The van der Waals surface area contributed by atoms with Gasteiger partial charge in [-0.3, -0.25) is 0 Å². The average Bonchev–Trinajstić information content (AvgIpc) is 2.62. The molecule has 4 atom stereocenters. The normalized spacial score (nSPS) is 43.7. The van der Waals surface area contributed by atoms with Gasteiger partial charge in [-0.2, -0.15) is 0 Å². The third-order valence-electron chi connectivity index (χ3n) is 4.29. The van der Waals surface area contributed by atoms with Crippen molar-refractivity contribution >= 4 is 0 Å². The quantitative estimate of drug-likeness (QED) is 0.714. The van der Waals surface area contributed by atoms with Gasteiger partial charge in [0.15, 0.2) is 0 Å². The van der Waals surface area contributed by atoms with Crippen LogP contribution < -0.4 is 5.32 Å². The van der Waals surface area contributed by atoms with Gasteiger partial charge in [0.2, 0.25) is 0 Å². The van der Waals surface area contributed by atoms with E-state index in [1.54, 1.807) is 0 Å². The molecule has 0 radical (unpaired) electrons. The highest BCUT2D eigenvalue weighted by atomic mass is 16.5. The Morgan fingerprint density at radius 1 is 1.40 bits per heavy atom. The van der Waals surface area contributed by atoms with E-state index in [0.717, 1.165) is 37.0 Å². The second kappa shape index (κ2) is 4.26. The highest BCUT2D eigenvalue weighted by Gasteiger charge is 2.40. The average molecular weight is 207 g/mol. The smallest absolute Gasteiger partial charge is 0.0506 e. The molecule has 0 spiro atoms. The van der Waals surface area contributed by atoms with Crippen LogP contribution in [0.4, 0.5) is 0 Å². The molecule has 3 rings (SSSR count). The third kappa shape index (κ3) is 1.98. The zero-order valence-corrected chi connectivity index (χ0v) is 9.32. The number of allylic oxidation sites excluding steroid dienone is 1. The number of rotatable bonds is 3. The van der Waals surface area contributed by atoms with Crippen LogP contribution in [-0.4, -0.2) is 25.8 Å². The first kappa shape index (κ1) is 9.86. The van der Waals surface area contributed by atoms with Crippen molar-refractivity contribution in [3.8, 4) is 0 Å². The standard InChI is InChI=1S/C13H21NO/c1-4-11-7-13(12(11)5-1)14-8-10-3-2-6-15-9-10/h1,5,10-14H,2-4,6-9H2. The van der Waals surface area contributed by atoms with Crippen molar-refractivity contribution in [1.82, 2.24) is 5.32 Å². The molecule has 1 aliphatic heterocycles. The Morgan fingerprint density at radius 2 is 2.40 bits per heavy atom. The van der Waals surface area contributed by atoms with Gasteiger partial charge < -0.3 is 10.1 Å². The first-order valence-corrected chi connectivity index (χ1v) is 6.41. The Kier molecular flexibility index (Phi) is 2.80. The zero-order valence-electron chi connectivity index (χ0n) is 9.32. The van der Waals surface area contributed by atoms with Crippen molar-refractivity contribution < 1.29 is 4.74 Å². The van der Waals surface area contributed by atoms with Crippen LogP contribution >= 0.6 is 0 Å². The second-order valence-corrected chi connectivity index (χ2v) is 5.33. The molecule has 2 aliphatic carbocycles. The van der Waals surface area contributed by atoms with Crippen LogP contribution in [0.1, 0.15) is 25.7 Å². The van der Waals surface area contributed by atoms with Crippen LogP contribution in [0.2, 0.25) is 0 Å². The molecule has 2 fully saturated rings. The molecule has 0 aromatic heterocycles. The van der Waals surface area contributed by atoms with Gasteiger partial charge in [0.05, 0.1) is 6.61 Å². The maximum Gasteiger partial charge on any atom is 0.0506 e. The van der Waals surface area contributed by atoms with Crippen LogP contribution in [0.3, 0.4) is 0 Å². The molecule has 1 heterocycles. The lowest BCUT2D eigenvalue weighted by molar-refractivity contribution is 0.0487. The predicted octanol–water partition coefficient (Wildman–Crippen LogP) is 1.97. The molecule has 0 amide bonds. The highest BCUT2D eigenvalue weighted by molar-refractivity contribution is 5.12.